The van der Waals surface area contributed by atoms with E-state index in [2.05, 4.69) is 16.8 Å². The fourth-order valence-electron chi connectivity index (χ4n) is 4.38. The molecule has 172 valence electrons. The minimum atomic E-state index is -0.418. The predicted octanol–water partition coefficient (Wildman–Crippen LogP) is 5.81. The summed E-state index contributed by atoms with van der Waals surface area (Å²) < 4.78 is 13.4. The normalized spacial score (nSPS) is 15.1. The van der Waals surface area contributed by atoms with Gasteiger partial charge in [0.2, 0.25) is 5.95 Å². The lowest BCUT2D eigenvalue weighted by atomic mass is 9.92. The van der Waals surface area contributed by atoms with Crippen LogP contribution in [0.15, 0.2) is 84.4 Å². The van der Waals surface area contributed by atoms with Gasteiger partial charge in [0.15, 0.2) is 0 Å². The van der Waals surface area contributed by atoms with Crippen molar-refractivity contribution < 1.29 is 14.3 Å². The number of carbonyl (C=O) groups excluding carboxylic acids is 1. The Kier molecular flexibility index (Phi) is 6.04. The van der Waals surface area contributed by atoms with Crippen LogP contribution in [-0.2, 0) is 9.53 Å². The summed E-state index contributed by atoms with van der Waals surface area (Å²) in [6.07, 6.45) is 0.941. The molecule has 1 unspecified atom stereocenters. The highest BCUT2D eigenvalue weighted by Gasteiger charge is 2.36. The molecule has 2 heterocycles. The Morgan fingerprint density at radius 2 is 1.71 bits per heavy atom. The molecule has 0 bridgehead atoms. The summed E-state index contributed by atoms with van der Waals surface area (Å²) >= 11 is 0. The molecule has 1 aliphatic rings. The fraction of sp³-hybridized carbons (Fsp3) is 0.214. The van der Waals surface area contributed by atoms with Gasteiger partial charge in [0, 0.05) is 0 Å². The van der Waals surface area contributed by atoms with Gasteiger partial charge in [-0.15, -0.1) is 0 Å². The number of anilines is 1. The highest BCUT2D eigenvalue weighted by molar-refractivity contribution is 6.03. The Bertz CT molecular complexity index is 1340. The van der Waals surface area contributed by atoms with Crippen LogP contribution in [0.3, 0.4) is 0 Å². The van der Waals surface area contributed by atoms with Crippen LogP contribution in [0, 0.1) is 0 Å². The molecule has 6 heteroatoms. The van der Waals surface area contributed by atoms with Gasteiger partial charge >= 0.3 is 5.97 Å². The first-order chi connectivity index (χ1) is 16.7. The van der Waals surface area contributed by atoms with Crippen molar-refractivity contribution in [3.05, 3.63) is 95.6 Å². The van der Waals surface area contributed by atoms with Crippen molar-refractivity contribution in [1.29, 1.82) is 0 Å². The van der Waals surface area contributed by atoms with E-state index < -0.39 is 6.04 Å². The maximum atomic E-state index is 13.5. The molecule has 0 spiro atoms. The first kappa shape index (κ1) is 21.8. The lowest BCUT2D eigenvalue weighted by molar-refractivity contribution is -0.138. The van der Waals surface area contributed by atoms with E-state index in [4.69, 9.17) is 14.5 Å². The summed E-state index contributed by atoms with van der Waals surface area (Å²) in [6, 6.07) is 25.3. The zero-order valence-electron chi connectivity index (χ0n) is 19.3. The first-order valence-electron chi connectivity index (χ1n) is 11.6. The maximum Gasteiger partial charge on any atom is 0.338 e. The molecule has 1 N–H and O–H groups in total. The van der Waals surface area contributed by atoms with E-state index in [0.717, 1.165) is 34.3 Å². The van der Waals surface area contributed by atoms with E-state index in [-0.39, 0.29) is 5.97 Å². The van der Waals surface area contributed by atoms with Crippen molar-refractivity contribution in [3.63, 3.8) is 0 Å². The molecule has 0 fully saturated rings. The molecule has 34 heavy (non-hydrogen) atoms. The van der Waals surface area contributed by atoms with E-state index in [1.54, 1.807) is 0 Å². The average molecular weight is 454 g/mol. The van der Waals surface area contributed by atoms with Gasteiger partial charge in [-0.05, 0) is 48.7 Å². The number of rotatable bonds is 7. The number of para-hydroxylation sites is 2. The van der Waals surface area contributed by atoms with E-state index in [0.29, 0.717) is 30.4 Å². The van der Waals surface area contributed by atoms with Crippen LogP contribution in [0.1, 0.15) is 37.4 Å². The van der Waals surface area contributed by atoms with Crippen LogP contribution in [0.2, 0.25) is 0 Å². The lowest BCUT2D eigenvalue weighted by Crippen LogP contribution is -2.29. The van der Waals surface area contributed by atoms with Crippen LogP contribution in [-0.4, -0.2) is 28.7 Å². The number of fused-ring (bicyclic) bond motifs is 3. The molecule has 0 amide bonds. The summed E-state index contributed by atoms with van der Waals surface area (Å²) in [7, 11) is 0. The molecule has 0 saturated heterocycles. The van der Waals surface area contributed by atoms with Crippen molar-refractivity contribution in [2.75, 3.05) is 18.5 Å². The molecule has 0 aliphatic carbocycles. The Morgan fingerprint density at radius 3 is 2.44 bits per heavy atom. The van der Waals surface area contributed by atoms with Crippen LogP contribution in [0.25, 0.3) is 16.7 Å². The first-order valence-corrected chi connectivity index (χ1v) is 11.6. The van der Waals surface area contributed by atoms with Gasteiger partial charge in [-0.2, -0.15) is 0 Å². The molecule has 4 aromatic rings. The molecular formula is C28H27N3O3. The summed E-state index contributed by atoms with van der Waals surface area (Å²) in [4.78, 5) is 18.3. The zero-order chi connectivity index (χ0) is 23.5. The van der Waals surface area contributed by atoms with Crippen LogP contribution < -0.4 is 10.1 Å². The molecule has 3 aromatic carbocycles. The number of benzene rings is 3. The smallest absolute Gasteiger partial charge is 0.338 e. The third-order valence-electron chi connectivity index (χ3n) is 5.86. The number of imidazole rings is 1. The number of nitrogens with zero attached hydrogens (tertiary/aromatic N) is 2. The van der Waals surface area contributed by atoms with Gasteiger partial charge in [0.25, 0.3) is 0 Å². The van der Waals surface area contributed by atoms with Gasteiger partial charge in [-0.1, -0.05) is 61.5 Å². The number of aromatic nitrogens is 2. The third-order valence-corrected chi connectivity index (χ3v) is 5.86. The second kappa shape index (κ2) is 9.43. The Hall–Kier alpha value is -4.06. The summed E-state index contributed by atoms with van der Waals surface area (Å²) in [5.74, 6) is 1.14. The number of esters is 1. The SMILES string of the molecule is CCCOc1ccc(C2C(C(=O)OCC)=C(c3ccccc3)Nc3nc4ccccc4n32)cc1. The van der Waals surface area contributed by atoms with Crippen LogP contribution >= 0.6 is 0 Å². The number of ether oxygens (including phenoxy) is 2. The molecule has 6 nitrogen and oxygen atoms in total. The average Bonchev–Trinajstić information content (AvgIpc) is 3.25. The fourth-order valence-corrected chi connectivity index (χ4v) is 4.38. The summed E-state index contributed by atoms with van der Waals surface area (Å²) in [5, 5.41) is 3.44. The van der Waals surface area contributed by atoms with Crippen LogP contribution in [0.4, 0.5) is 5.95 Å². The molecule has 5 rings (SSSR count). The van der Waals surface area contributed by atoms with Crippen molar-refractivity contribution in [2.24, 2.45) is 0 Å². The van der Waals surface area contributed by atoms with Crippen molar-refractivity contribution >= 4 is 28.6 Å². The second-order valence-electron chi connectivity index (χ2n) is 8.11. The quantitative estimate of drug-likeness (QED) is 0.358. The lowest BCUT2D eigenvalue weighted by Gasteiger charge is -2.31. The molecule has 0 saturated carbocycles. The van der Waals surface area contributed by atoms with Crippen molar-refractivity contribution in [3.8, 4) is 5.75 Å². The third kappa shape index (κ3) is 3.92. The van der Waals surface area contributed by atoms with E-state index in [1.807, 2.05) is 85.8 Å². The van der Waals surface area contributed by atoms with Crippen molar-refractivity contribution in [2.45, 2.75) is 26.3 Å². The molecule has 1 aromatic heterocycles. The predicted molar refractivity (Wildman–Crippen MR) is 134 cm³/mol. The van der Waals surface area contributed by atoms with E-state index in [1.165, 1.54) is 0 Å². The molecular weight excluding hydrogens is 426 g/mol. The number of nitrogens with one attached hydrogen (secondary N) is 1. The largest absolute Gasteiger partial charge is 0.494 e. The van der Waals surface area contributed by atoms with Gasteiger partial charge < -0.3 is 14.8 Å². The Balaban J connectivity index is 1.74. The summed E-state index contributed by atoms with van der Waals surface area (Å²) in [5.41, 5.74) is 4.90. The van der Waals surface area contributed by atoms with Gasteiger partial charge in [0.1, 0.15) is 5.75 Å². The van der Waals surface area contributed by atoms with Gasteiger partial charge in [-0.25, -0.2) is 9.78 Å². The minimum absolute atomic E-state index is 0.290. The zero-order valence-corrected chi connectivity index (χ0v) is 19.3. The second-order valence-corrected chi connectivity index (χ2v) is 8.11. The summed E-state index contributed by atoms with van der Waals surface area (Å²) in [6.45, 7) is 4.86. The minimum Gasteiger partial charge on any atom is -0.494 e. The number of hydrogen-bond donors (Lipinski definition) is 1. The highest BCUT2D eigenvalue weighted by Crippen LogP contribution is 2.42. The number of hydrogen-bond acceptors (Lipinski definition) is 5. The van der Waals surface area contributed by atoms with Gasteiger partial charge in [-0.3, -0.25) is 4.57 Å². The molecule has 1 atom stereocenters. The van der Waals surface area contributed by atoms with E-state index in [9.17, 15) is 4.79 Å². The Morgan fingerprint density at radius 1 is 0.971 bits per heavy atom. The highest BCUT2D eigenvalue weighted by atomic mass is 16.5. The number of carbonyl (C=O) groups is 1. The maximum absolute atomic E-state index is 13.5. The molecule has 1 aliphatic heterocycles. The van der Waals surface area contributed by atoms with Gasteiger partial charge in [0.05, 0.1) is 41.6 Å². The molecule has 0 radical (unpaired) electrons. The van der Waals surface area contributed by atoms with E-state index >= 15 is 0 Å². The monoisotopic (exact) mass is 453 g/mol. The standard InChI is InChI=1S/C28H27N3O3/c1-3-18-34-21-16-14-20(15-17-21)26-24(27(32)33-4-2)25(19-10-6-5-7-11-19)30-28-29-22-12-8-9-13-23(22)31(26)28/h5-17,26H,3-4,18H2,1-2H3,(H,29,30). The topological polar surface area (TPSA) is 65.4 Å². The Labute approximate surface area is 198 Å². The van der Waals surface area contributed by atoms with Crippen molar-refractivity contribution in [1.82, 2.24) is 9.55 Å². The van der Waals surface area contributed by atoms with Crippen LogP contribution in [0.5, 0.6) is 5.75 Å².